The summed E-state index contributed by atoms with van der Waals surface area (Å²) in [5.41, 5.74) is 3.19. The number of hydrogen-bond acceptors (Lipinski definition) is 5. The second-order valence-corrected chi connectivity index (χ2v) is 7.54. The van der Waals surface area contributed by atoms with E-state index in [1.54, 1.807) is 4.90 Å². The lowest BCUT2D eigenvalue weighted by Gasteiger charge is -2.23. The van der Waals surface area contributed by atoms with E-state index in [2.05, 4.69) is 39.4 Å². The lowest BCUT2D eigenvalue weighted by atomic mass is 10.1. The van der Waals surface area contributed by atoms with Crippen molar-refractivity contribution in [2.75, 3.05) is 31.1 Å². The summed E-state index contributed by atoms with van der Waals surface area (Å²) >= 11 is 0. The number of carbonyl (C=O) groups excluding carboxylic acids is 1. The highest BCUT2D eigenvalue weighted by atomic mass is 16.6. The number of hydrogen-bond donors (Lipinski definition) is 0. The average Bonchev–Trinajstić information content (AvgIpc) is 2.97. The van der Waals surface area contributed by atoms with Gasteiger partial charge in [0.05, 0.1) is 0 Å². The maximum Gasteiger partial charge on any atom is 0.410 e. The molecule has 0 spiro atoms. The molecule has 7 heteroatoms. The fraction of sp³-hybridized carbons (Fsp3) is 0.348. The third-order valence-corrected chi connectivity index (χ3v) is 5.54. The Kier molecular flexibility index (Phi) is 5.97. The van der Waals surface area contributed by atoms with Crippen LogP contribution in [0.2, 0.25) is 0 Å². The van der Waals surface area contributed by atoms with E-state index < -0.39 is 0 Å². The van der Waals surface area contributed by atoms with Crippen LogP contribution in [0.1, 0.15) is 17.8 Å². The molecule has 1 fully saturated rings. The summed E-state index contributed by atoms with van der Waals surface area (Å²) < 4.78 is 7.48. The normalized spacial score (nSPS) is 14.5. The SMILES string of the molecule is Cc1nnc(-c2ccc(N3CCCN(C(=O)OCc4ccccc4)CC3)cc2)n1C. The first-order valence-corrected chi connectivity index (χ1v) is 10.3. The second-order valence-electron chi connectivity index (χ2n) is 7.54. The highest BCUT2D eigenvalue weighted by Gasteiger charge is 2.20. The molecule has 1 aliphatic rings. The highest BCUT2D eigenvalue weighted by Crippen LogP contribution is 2.23. The van der Waals surface area contributed by atoms with E-state index in [4.69, 9.17) is 4.74 Å². The Balaban J connectivity index is 1.34. The van der Waals surface area contributed by atoms with Crippen molar-refractivity contribution >= 4 is 11.8 Å². The Morgan fingerprint density at radius 2 is 1.73 bits per heavy atom. The van der Waals surface area contributed by atoms with Gasteiger partial charge >= 0.3 is 6.09 Å². The van der Waals surface area contributed by atoms with Crippen LogP contribution in [0.15, 0.2) is 54.6 Å². The molecule has 2 aromatic carbocycles. The average molecular weight is 406 g/mol. The molecule has 0 unspecified atom stereocenters. The van der Waals surface area contributed by atoms with E-state index >= 15 is 0 Å². The van der Waals surface area contributed by atoms with Crippen LogP contribution in [0.5, 0.6) is 0 Å². The first-order valence-electron chi connectivity index (χ1n) is 10.3. The second kappa shape index (κ2) is 8.98. The fourth-order valence-corrected chi connectivity index (χ4v) is 3.65. The Bertz CT molecular complexity index is 985. The number of carbonyl (C=O) groups is 1. The summed E-state index contributed by atoms with van der Waals surface area (Å²) in [4.78, 5) is 16.6. The minimum absolute atomic E-state index is 0.242. The molecule has 7 nitrogen and oxygen atoms in total. The summed E-state index contributed by atoms with van der Waals surface area (Å²) in [5.74, 6) is 1.75. The van der Waals surface area contributed by atoms with Crippen LogP contribution in [-0.4, -0.2) is 51.9 Å². The smallest absolute Gasteiger partial charge is 0.410 e. The molecule has 0 N–H and O–H groups in total. The van der Waals surface area contributed by atoms with Gasteiger partial charge in [0.1, 0.15) is 12.4 Å². The number of benzene rings is 2. The lowest BCUT2D eigenvalue weighted by molar-refractivity contribution is 0.0986. The molecule has 1 amide bonds. The Hall–Kier alpha value is -3.35. The van der Waals surface area contributed by atoms with Gasteiger partial charge in [-0.15, -0.1) is 10.2 Å². The van der Waals surface area contributed by atoms with Gasteiger partial charge in [0.2, 0.25) is 0 Å². The number of rotatable bonds is 4. The van der Waals surface area contributed by atoms with Gasteiger partial charge < -0.3 is 19.1 Å². The standard InChI is InChI=1S/C23H27N5O2/c1-18-24-25-22(26(18)2)20-9-11-21(12-10-20)27-13-6-14-28(16-15-27)23(29)30-17-19-7-4-3-5-8-19/h3-5,7-12H,6,13-17H2,1-2H3. The van der Waals surface area contributed by atoms with Crippen molar-refractivity contribution in [1.29, 1.82) is 0 Å². The first-order chi connectivity index (χ1) is 14.6. The van der Waals surface area contributed by atoms with E-state index in [9.17, 15) is 4.79 Å². The summed E-state index contributed by atoms with van der Waals surface area (Å²) in [7, 11) is 1.97. The van der Waals surface area contributed by atoms with Gasteiger partial charge in [-0.2, -0.15) is 0 Å². The van der Waals surface area contributed by atoms with Gasteiger partial charge in [-0.25, -0.2) is 4.79 Å². The number of aromatic nitrogens is 3. The predicted molar refractivity (Wildman–Crippen MR) is 116 cm³/mol. The number of amides is 1. The molecule has 0 aliphatic carbocycles. The molecule has 156 valence electrons. The van der Waals surface area contributed by atoms with Crippen LogP contribution in [0.25, 0.3) is 11.4 Å². The monoisotopic (exact) mass is 405 g/mol. The quantitative estimate of drug-likeness (QED) is 0.663. The van der Waals surface area contributed by atoms with Gasteiger partial charge in [0.15, 0.2) is 5.82 Å². The molecule has 30 heavy (non-hydrogen) atoms. The third kappa shape index (κ3) is 4.45. The Morgan fingerprint density at radius 3 is 2.43 bits per heavy atom. The van der Waals surface area contributed by atoms with Crippen molar-refractivity contribution in [3.05, 3.63) is 66.0 Å². The van der Waals surface area contributed by atoms with E-state index in [1.807, 2.05) is 48.9 Å². The maximum absolute atomic E-state index is 12.5. The molecule has 0 radical (unpaired) electrons. The highest BCUT2D eigenvalue weighted by molar-refractivity contribution is 5.68. The topological polar surface area (TPSA) is 63.5 Å². The van der Waals surface area contributed by atoms with Gasteiger partial charge in [0, 0.05) is 44.5 Å². The largest absolute Gasteiger partial charge is 0.445 e. The van der Waals surface area contributed by atoms with Crippen LogP contribution < -0.4 is 4.90 Å². The molecule has 1 aromatic heterocycles. The van der Waals surface area contributed by atoms with Crippen molar-refractivity contribution in [2.24, 2.45) is 7.05 Å². The number of aryl methyl sites for hydroxylation is 1. The zero-order valence-corrected chi connectivity index (χ0v) is 17.5. The van der Waals surface area contributed by atoms with Crippen LogP contribution in [-0.2, 0) is 18.4 Å². The lowest BCUT2D eigenvalue weighted by Crippen LogP contribution is -2.35. The molecule has 4 rings (SSSR count). The van der Waals surface area contributed by atoms with Crippen LogP contribution in [0.4, 0.5) is 10.5 Å². The van der Waals surface area contributed by atoms with Gasteiger partial charge in [-0.3, -0.25) is 0 Å². The first kappa shape index (κ1) is 19.9. The van der Waals surface area contributed by atoms with Crippen molar-refractivity contribution < 1.29 is 9.53 Å². The van der Waals surface area contributed by atoms with Crippen LogP contribution in [0.3, 0.4) is 0 Å². The molecule has 2 heterocycles. The van der Waals surface area contributed by atoms with Gasteiger partial charge in [-0.05, 0) is 43.2 Å². The number of nitrogens with zero attached hydrogens (tertiary/aromatic N) is 5. The van der Waals surface area contributed by atoms with Crippen LogP contribution in [0, 0.1) is 6.92 Å². The number of anilines is 1. The van der Waals surface area contributed by atoms with E-state index in [0.29, 0.717) is 19.7 Å². The van der Waals surface area contributed by atoms with E-state index in [0.717, 1.165) is 48.0 Å². The van der Waals surface area contributed by atoms with Crippen LogP contribution >= 0.6 is 0 Å². The molecule has 1 saturated heterocycles. The van der Waals surface area contributed by atoms with Gasteiger partial charge in [-0.1, -0.05) is 30.3 Å². The molecular formula is C23H27N5O2. The molecule has 0 atom stereocenters. The van der Waals surface area contributed by atoms with Crippen molar-refractivity contribution in [3.63, 3.8) is 0 Å². The zero-order valence-electron chi connectivity index (χ0n) is 17.5. The van der Waals surface area contributed by atoms with Crippen molar-refractivity contribution in [1.82, 2.24) is 19.7 Å². The predicted octanol–water partition coefficient (Wildman–Crippen LogP) is 3.64. The Labute approximate surface area is 176 Å². The van der Waals surface area contributed by atoms with Gasteiger partial charge in [0.25, 0.3) is 0 Å². The molecule has 3 aromatic rings. The minimum atomic E-state index is -0.242. The minimum Gasteiger partial charge on any atom is -0.445 e. The summed E-state index contributed by atoms with van der Waals surface area (Å²) in [5, 5.41) is 8.38. The van der Waals surface area contributed by atoms with Crippen molar-refractivity contribution in [2.45, 2.75) is 20.0 Å². The zero-order chi connectivity index (χ0) is 20.9. The summed E-state index contributed by atoms with van der Waals surface area (Å²) in [6, 6.07) is 18.2. The van der Waals surface area contributed by atoms with E-state index in [-0.39, 0.29) is 6.09 Å². The Morgan fingerprint density at radius 1 is 0.967 bits per heavy atom. The van der Waals surface area contributed by atoms with E-state index in [1.165, 1.54) is 0 Å². The molecule has 1 aliphatic heterocycles. The number of ether oxygens (including phenoxy) is 1. The maximum atomic E-state index is 12.5. The molecule has 0 bridgehead atoms. The summed E-state index contributed by atoms with van der Waals surface area (Å²) in [6.45, 7) is 5.30. The molecule has 0 saturated carbocycles. The third-order valence-electron chi connectivity index (χ3n) is 5.54. The summed E-state index contributed by atoms with van der Waals surface area (Å²) in [6.07, 6.45) is 0.665. The fourth-order valence-electron chi connectivity index (χ4n) is 3.65. The van der Waals surface area contributed by atoms with Crippen molar-refractivity contribution in [3.8, 4) is 11.4 Å². The molecular weight excluding hydrogens is 378 g/mol.